The van der Waals surface area contributed by atoms with E-state index in [0.717, 1.165) is 23.4 Å². The second-order valence-electron chi connectivity index (χ2n) is 4.14. The molecule has 0 saturated carbocycles. The predicted octanol–water partition coefficient (Wildman–Crippen LogP) is 4.70. The number of aliphatic imine (C=N–C) groups is 1. The smallest absolute Gasteiger partial charge is 0.124 e. The standard InChI is InChI=1S/C14H12N2O.2C2H6/c15-10-5-6-14(17)11(8-10)13-7-9-3-1-2-4-12(9)16-13;2*1-2/h1-6,8,17H,7,15H2;2*1-2H3. The Morgan fingerprint density at radius 2 is 1.67 bits per heavy atom. The first-order valence-electron chi connectivity index (χ1n) is 7.48. The van der Waals surface area contributed by atoms with Crippen LogP contribution in [0.3, 0.4) is 0 Å². The van der Waals surface area contributed by atoms with E-state index in [-0.39, 0.29) is 5.75 Å². The van der Waals surface area contributed by atoms with Crippen molar-refractivity contribution < 1.29 is 5.11 Å². The predicted molar refractivity (Wildman–Crippen MR) is 91.6 cm³/mol. The van der Waals surface area contributed by atoms with Gasteiger partial charge in [-0.1, -0.05) is 45.9 Å². The molecular formula is C18H24N2O. The van der Waals surface area contributed by atoms with Gasteiger partial charge in [-0.25, -0.2) is 0 Å². The van der Waals surface area contributed by atoms with Crippen LogP contribution in [-0.2, 0) is 6.42 Å². The van der Waals surface area contributed by atoms with Gasteiger partial charge in [-0.05, 0) is 29.8 Å². The number of phenolic OH excluding ortho intramolecular Hbond substituents is 1. The van der Waals surface area contributed by atoms with Crippen molar-refractivity contribution in [3.8, 4) is 5.75 Å². The van der Waals surface area contributed by atoms with Crippen molar-refractivity contribution in [1.82, 2.24) is 0 Å². The summed E-state index contributed by atoms with van der Waals surface area (Å²) < 4.78 is 0. The third-order valence-corrected chi connectivity index (χ3v) is 2.94. The molecule has 1 heterocycles. The van der Waals surface area contributed by atoms with Crippen molar-refractivity contribution in [3.05, 3.63) is 53.6 Å². The van der Waals surface area contributed by atoms with Crippen LogP contribution < -0.4 is 5.73 Å². The van der Waals surface area contributed by atoms with Gasteiger partial charge in [0.25, 0.3) is 0 Å². The number of benzene rings is 2. The lowest BCUT2D eigenvalue weighted by Gasteiger charge is -2.04. The van der Waals surface area contributed by atoms with Gasteiger partial charge in [0.1, 0.15) is 5.75 Å². The summed E-state index contributed by atoms with van der Waals surface area (Å²) in [6.07, 6.45) is 0.743. The highest BCUT2D eigenvalue weighted by Gasteiger charge is 2.17. The molecule has 0 saturated heterocycles. The zero-order chi connectivity index (χ0) is 15.8. The minimum atomic E-state index is 0.228. The van der Waals surface area contributed by atoms with Crippen LogP contribution in [0.5, 0.6) is 5.75 Å². The second-order valence-corrected chi connectivity index (χ2v) is 4.14. The number of anilines is 1. The van der Waals surface area contributed by atoms with E-state index >= 15 is 0 Å². The minimum absolute atomic E-state index is 0.228. The quantitative estimate of drug-likeness (QED) is 0.589. The monoisotopic (exact) mass is 284 g/mol. The second kappa shape index (κ2) is 8.10. The third-order valence-electron chi connectivity index (χ3n) is 2.94. The largest absolute Gasteiger partial charge is 0.507 e. The van der Waals surface area contributed by atoms with Gasteiger partial charge in [-0.2, -0.15) is 0 Å². The summed E-state index contributed by atoms with van der Waals surface area (Å²) in [6.45, 7) is 8.00. The van der Waals surface area contributed by atoms with E-state index < -0.39 is 0 Å². The van der Waals surface area contributed by atoms with Gasteiger partial charge >= 0.3 is 0 Å². The number of nitrogen functional groups attached to an aromatic ring is 1. The Hall–Kier alpha value is -2.29. The molecule has 0 spiro atoms. The molecule has 0 bridgehead atoms. The maximum atomic E-state index is 9.84. The van der Waals surface area contributed by atoms with Gasteiger partial charge < -0.3 is 10.8 Å². The highest BCUT2D eigenvalue weighted by Crippen LogP contribution is 2.31. The fourth-order valence-electron chi connectivity index (χ4n) is 2.07. The molecule has 112 valence electrons. The van der Waals surface area contributed by atoms with Crippen molar-refractivity contribution in [2.75, 3.05) is 5.73 Å². The third kappa shape index (κ3) is 3.85. The van der Waals surface area contributed by atoms with E-state index in [9.17, 15) is 5.11 Å². The minimum Gasteiger partial charge on any atom is -0.507 e. The SMILES string of the molecule is CC.CC.Nc1ccc(O)c(C2=Nc3ccccc3C2)c1. The van der Waals surface area contributed by atoms with Crippen LogP contribution >= 0.6 is 0 Å². The Morgan fingerprint density at radius 1 is 1.00 bits per heavy atom. The zero-order valence-corrected chi connectivity index (χ0v) is 13.2. The summed E-state index contributed by atoms with van der Waals surface area (Å²) in [6, 6.07) is 13.0. The average Bonchev–Trinajstić information content (AvgIpc) is 2.97. The van der Waals surface area contributed by atoms with Crippen molar-refractivity contribution in [2.24, 2.45) is 4.99 Å². The van der Waals surface area contributed by atoms with E-state index in [2.05, 4.69) is 11.1 Å². The number of rotatable bonds is 1. The van der Waals surface area contributed by atoms with Gasteiger partial charge in [0.05, 0.1) is 11.4 Å². The number of fused-ring (bicyclic) bond motifs is 1. The summed E-state index contributed by atoms with van der Waals surface area (Å²) in [4.78, 5) is 4.52. The van der Waals surface area contributed by atoms with Crippen LogP contribution in [0.1, 0.15) is 38.8 Å². The molecule has 0 unspecified atom stereocenters. The molecular weight excluding hydrogens is 260 g/mol. The molecule has 3 rings (SSSR count). The van der Waals surface area contributed by atoms with Gasteiger partial charge in [0.15, 0.2) is 0 Å². The molecule has 0 radical (unpaired) electrons. The van der Waals surface area contributed by atoms with Crippen LogP contribution in [-0.4, -0.2) is 10.8 Å². The Kier molecular flexibility index (Phi) is 6.47. The van der Waals surface area contributed by atoms with Crippen molar-refractivity contribution >= 4 is 17.1 Å². The molecule has 3 heteroatoms. The van der Waals surface area contributed by atoms with Gasteiger partial charge in [0.2, 0.25) is 0 Å². The normalized spacial score (nSPS) is 11.3. The van der Waals surface area contributed by atoms with Crippen LogP contribution in [0.15, 0.2) is 47.5 Å². The van der Waals surface area contributed by atoms with Gasteiger partial charge in [0, 0.05) is 17.7 Å². The number of hydrogen-bond acceptors (Lipinski definition) is 3. The lowest BCUT2D eigenvalue weighted by atomic mass is 10.0. The highest BCUT2D eigenvalue weighted by molar-refractivity contribution is 6.08. The molecule has 0 aromatic heterocycles. The van der Waals surface area contributed by atoms with Crippen molar-refractivity contribution in [3.63, 3.8) is 0 Å². The maximum Gasteiger partial charge on any atom is 0.124 e. The summed E-state index contributed by atoms with van der Waals surface area (Å²) in [5.74, 6) is 0.228. The average molecular weight is 284 g/mol. The van der Waals surface area contributed by atoms with Crippen LogP contribution in [0, 0.1) is 0 Å². The van der Waals surface area contributed by atoms with E-state index in [4.69, 9.17) is 5.73 Å². The van der Waals surface area contributed by atoms with E-state index in [1.165, 1.54) is 5.56 Å². The molecule has 0 atom stereocenters. The summed E-state index contributed by atoms with van der Waals surface area (Å²) in [7, 11) is 0. The molecule has 0 aliphatic carbocycles. The Labute approximate surface area is 127 Å². The first-order valence-corrected chi connectivity index (χ1v) is 7.48. The molecule has 0 amide bonds. The first-order chi connectivity index (χ1) is 10.2. The fourth-order valence-corrected chi connectivity index (χ4v) is 2.07. The molecule has 1 aliphatic heterocycles. The molecule has 2 aromatic carbocycles. The lowest BCUT2D eigenvalue weighted by Crippen LogP contribution is -2.01. The Bertz CT molecular complexity index is 618. The number of nitrogens with two attached hydrogens (primary N) is 1. The van der Waals surface area contributed by atoms with Crippen molar-refractivity contribution in [2.45, 2.75) is 34.1 Å². The summed E-state index contributed by atoms with van der Waals surface area (Å²) >= 11 is 0. The molecule has 2 aromatic rings. The lowest BCUT2D eigenvalue weighted by molar-refractivity contribution is 0.474. The van der Waals surface area contributed by atoms with Crippen LogP contribution in [0.4, 0.5) is 11.4 Å². The van der Waals surface area contributed by atoms with E-state index in [1.807, 2.05) is 45.9 Å². The first kappa shape index (κ1) is 16.8. The topological polar surface area (TPSA) is 58.6 Å². The molecule has 0 fully saturated rings. The highest BCUT2D eigenvalue weighted by atomic mass is 16.3. The Morgan fingerprint density at radius 3 is 2.33 bits per heavy atom. The Balaban J connectivity index is 0.000000510. The van der Waals surface area contributed by atoms with Crippen molar-refractivity contribution in [1.29, 1.82) is 0 Å². The van der Waals surface area contributed by atoms with E-state index in [1.54, 1.807) is 18.2 Å². The number of aromatic hydroxyl groups is 1. The number of hydrogen-bond donors (Lipinski definition) is 2. The summed E-state index contributed by atoms with van der Waals surface area (Å²) in [5.41, 5.74) is 10.1. The number of nitrogens with zero attached hydrogens (tertiary/aromatic N) is 1. The number of para-hydroxylation sites is 1. The number of phenols is 1. The fraction of sp³-hybridized carbons (Fsp3) is 0.278. The molecule has 21 heavy (non-hydrogen) atoms. The van der Waals surface area contributed by atoms with Gasteiger partial charge in [-0.3, -0.25) is 4.99 Å². The van der Waals surface area contributed by atoms with E-state index in [0.29, 0.717) is 5.69 Å². The molecule has 3 nitrogen and oxygen atoms in total. The molecule has 1 aliphatic rings. The maximum absolute atomic E-state index is 9.84. The zero-order valence-electron chi connectivity index (χ0n) is 13.2. The van der Waals surface area contributed by atoms with Gasteiger partial charge in [-0.15, -0.1) is 0 Å². The van der Waals surface area contributed by atoms with Crippen LogP contribution in [0.2, 0.25) is 0 Å². The summed E-state index contributed by atoms with van der Waals surface area (Å²) in [5, 5.41) is 9.84. The molecule has 3 N–H and O–H groups in total. The van der Waals surface area contributed by atoms with Crippen LogP contribution in [0.25, 0.3) is 0 Å².